The third-order valence-corrected chi connectivity index (χ3v) is 6.00. The Hall–Kier alpha value is -4.66. The second-order valence-electron chi connectivity index (χ2n) is 9.13. The summed E-state index contributed by atoms with van der Waals surface area (Å²) in [7, 11) is 0. The highest BCUT2D eigenvalue weighted by atomic mass is 16.5. The van der Waals surface area contributed by atoms with Crippen LogP contribution in [0.1, 0.15) is 46.5 Å². The quantitative estimate of drug-likeness (QED) is 0.284. The van der Waals surface area contributed by atoms with Crippen LogP contribution in [0.25, 0.3) is 11.1 Å². The normalized spacial score (nSPS) is 12.2. The summed E-state index contributed by atoms with van der Waals surface area (Å²) in [5.74, 6) is -3.40. The first-order valence-electron chi connectivity index (χ1n) is 12.6. The molecule has 4 N–H and O–H groups in total. The lowest BCUT2D eigenvalue weighted by Gasteiger charge is -2.22. The van der Waals surface area contributed by atoms with Gasteiger partial charge in [0.15, 0.2) is 6.61 Å². The number of hydrogen-bond donors (Lipinski definition) is 3. The Kier molecular flexibility index (Phi) is 10.2. The van der Waals surface area contributed by atoms with Crippen molar-refractivity contribution in [3.8, 4) is 16.9 Å². The summed E-state index contributed by atoms with van der Waals surface area (Å²) >= 11 is 0. The number of primary amides is 1. The number of aromatic carboxylic acids is 1. The summed E-state index contributed by atoms with van der Waals surface area (Å²) < 4.78 is 10.4. The SMILES string of the molecule is CCOC(=O)[C@H](C)CC(Cc1ccc(-c2ccccc2)cc1)NC(=O)c1cc(OCC(N)=O)cc(C(=O)O)c1. The molecule has 0 saturated carbocycles. The molecule has 0 saturated heterocycles. The summed E-state index contributed by atoms with van der Waals surface area (Å²) in [6.45, 7) is 3.24. The van der Waals surface area contributed by atoms with Crippen molar-refractivity contribution in [2.24, 2.45) is 11.7 Å². The van der Waals surface area contributed by atoms with Crippen molar-refractivity contribution in [1.82, 2.24) is 5.32 Å². The molecule has 0 aliphatic heterocycles. The number of nitrogens with two attached hydrogens (primary N) is 1. The number of nitrogens with one attached hydrogen (secondary N) is 1. The Morgan fingerprint density at radius 3 is 2.18 bits per heavy atom. The van der Waals surface area contributed by atoms with E-state index in [0.29, 0.717) is 12.8 Å². The minimum atomic E-state index is -1.26. The minimum Gasteiger partial charge on any atom is -0.484 e. The number of benzene rings is 3. The van der Waals surface area contributed by atoms with Crippen LogP contribution >= 0.6 is 0 Å². The van der Waals surface area contributed by atoms with Crippen LogP contribution in [0.4, 0.5) is 0 Å². The fourth-order valence-corrected chi connectivity index (χ4v) is 4.11. The van der Waals surface area contributed by atoms with Gasteiger partial charge in [-0.15, -0.1) is 0 Å². The van der Waals surface area contributed by atoms with Crippen LogP contribution < -0.4 is 15.8 Å². The predicted molar refractivity (Wildman–Crippen MR) is 145 cm³/mol. The van der Waals surface area contributed by atoms with Gasteiger partial charge in [-0.05, 0) is 54.7 Å². The zero-order valence-electron chi connectivity index (χ0n) is 21.9. The van der Waals surface area contributed by atoms with Gasteiger partial charge in [0.05, 0.1) is 18.1 Å². The molecule has 0 aliphatic carbocycles. The van der Waals surface area contributed by atoms with Gasteiger partial charge in [0.25, 0.3) is 11.8 Å². The van der Waals surface area contributed by atoms with E-state index in [1.807, 2.05) is 54.6 Å². The zero-order valence-corrected chi connectivity index (χ0v) is 21.9. The van der Waals surface area contributed by atoms with E-state index < -0.39 is 36.4 Å². The highest BCUT2D eigenvalue weighted by Gasteiger charge is 2.23. The van der Waals surface area contributed by atoms with Gasteiger partial charge in [-0.1, -0.05) is 61.5 Å². The third-order valence-electron chi connectivity index (χ3n) is 6.00. The lowest BCUT2D eigenvalue weighted by molar-refractivity contribution is -0.147. The number of carbonyl (C=O) groups is 4. The van der Waals surface area contributed by atoms with Crippen molar-refractivity contribution >= 4 is 23.8 Å². The first kappa shape index (κ1) is 28.9. The standard InChI is InChI=1S/C30H32N2O7/c1-3-38-30(37)19(2)13-25(14-20-9-11-22(12-10-20)21-7-5-4-6-8-21)32-28(34)23-15-24(29(35)36)17-26(16-23)39-18-27(31)33/h4-12,15-17,19,25H,3,13-14,18H2,1-2H3,(H2,31,33)(H,32,34)(H,35,36)/t19-,25?/m1/s1. The van der Waals surface area contributed by atoms with Gasteiger partial charge >= 0.3 is 11.9 Å². The number of ether oxygens (including phenoxy) is 2. The van der Waals surface area contributed by atoms with Crippen molar-refractivity contribution in [3.63, 3.8) is 0 Å². The fourth-order valence-electron chi connectivity index (χ4n) is 4.11. The molecule has 9 heteroatoms. The maximum atomic E-state index is 13.3. The predicted octanol–water partition coefficient (Wildman–Crippen LogP) is 3.85. The van der Waals surface area contributed by atoms with Crippen LogP contribution in [0.5, 0.6) is 5.75 Å². The molecule has 0 bridgehead atoms. The van der Waals surface area contributed by atoms with Crippen molar-refractivity contribution in [2.75, 3.05) is 13.2 Å². The Morgan fingerprint density at radius 1 is 0.923 bits per heavy atom. The number of hydrogen-bond acceptors (Lipinski definition) is 6. The van der Waals surface area contributed by atoms with E-state index in [-0.39, 0.29) is 29.5 Å². The maximum absolute atomic E-state index is 13.3. The third kappa shape index (κ3) is 8.70. The molecular formula is C30H32N2O7. The summed E-state index contributed by atoms with van der Waals surface area (Å²) in [5.41, 5.74) is 8.03. The summed E-state index contributed by atoms with van der Waals surface area (Å²) in [5, 5.41) is 12.4. The van der Waals surface area contributed by atoms with Crippen LogP contribution in [-0.4, -0.2) is 48.1 Å². The molecule has 0 spiro atoms. The Labute approximate surface area is 226 Å². The molecule has 9 nitrogen and oxygen atoms in total. The second kappa shape index (κ2) is 13.8. The highest BCUT2D eigenvalue weighted by Crippen LogP contribution is 2.22. The molecule has 3 rings (SSSR count). The van der Waals surface area contributed by atoms with Crippen LogP contribution in [0.2, 0.25) is 0 Å². The van der Waals surface area contributed by atoms with E-state index in [9.17, 15) is 24.3 Å². The number of rotatable bonds is 13. The average Bonchev–Trinajstić information content (AvgIpc) is 2.92. The lowest BCUT2D eigenvalue weighted by Crippen LogP contribution is -2.39. The van der Waals surface area contributed by atoms with E-state index >= 15 is 0 Å². The molecule has 3 aromatic carbocycles. The average molecular weight is 533 g/mol. The van der Waals surface area contributed by atoms with Gasteiger partial charge in [0.2, 0.25) is 0 Å². The molecule has 2 amide bonds. The molecule has 1 unspecified atom stereocenters. The number of carboxylic acids is 1. The molecule has 39 heavy (non-hydrogen) atoms. The van der Waals surface area contributed by atoms with Crippen LogP contribution in [0.15, 0.2) is 72.8 Å². The van der Waals surface area contributed by atoms with Crippen LogP contribution in [0.3, 0.4) is 0 Å². The molecule has 2 atom stereocenters. The molecule has 3 aromatic rings. The molecule has 0 aliphatic rings. The van der Waals surface area contributed by atoms with Crippen molar-refractivity contribution in [1.29, 1.82) is 0 Å². The Morgan fingerprint density at radius 2 is 1.56 bits per heavy atom. The number of carbonyl (C=O) groups excluding carboxylic acids is 3. The van der Waals surface area contributed by atoms with Gasteiger partial charge in [0, 0.05) is 11.6 Å². The molecule has 0 fully saturated rings. The highest BCUT2D eigenvalue weighted by molar-refractivity contribution is 5.98. The van der Waals surface area contributed by atoms with Gasteiger partial charge in [-0.2, -0.15) is 0 Å². The summed E-state index contributed by atoms with van der Waals surface area (Å²) in [4.78, 5) is 48.3. The molecule has 0 aromatic heterocycles. The van der Waals surface area contributed by atoms with E-state index in [1.54, 1.807) is 13.8 Å². The van der Waals surface area contributed by atoms with E-state index in [4.69, 9.17) is 15.2 Å². The molecule has 0 radical (unpaired) electrons. The van der Waals surface area contributed by atoms with E-state index in [2.05, 4.69) is 5.32 Å². The van der Waals surface area contributed by atoms with Gasteiger partial charge in [0.1, 0.15) is 5.75 Å². The van der Waals surface area contributed by atoms with E-state index in [1.165, 1.54) is 18.2 Å². The van der Waals surface area contributed by atoms with Crippen molar-refractivity contribution in [2.45, 2.75) is 32.7 Å². The summed E-state index contributed by atoms with van der Waals surface area (Å²) in [6.07, 6.45) is 0.725. The maximum Gasteiger partial charge on any atom is 0.335 e. The minimum absolute atomic E-state index is 0.0202. The van der Waals surface area contributed by atoms with Crippen molar-refractivity contribution < 1.29 is 33.8 Å². The largest absolute Gasteiger partial charge is 0.484 e. The van der Waals surface area contributed by atoms with Gasteiger partial charge in [-0.25, -0.2) is 4.79 Å². The first-order valence-corrected chi connectivity index (χ1v) is 12.6. The number of amides is 2. The zero-order chi connectivity index (χ0) is 28.4. The molecule has 0 heterocycles. The van der Waals surface area contributed by atoms with Crippen molar-refractivity contribution in [3.05, 3.63) is 89.5 Å². The summed E-state index contributed by atoms with van der Waals surface area (Å²) in [6, 6.07) is 21.2. The monoisotopic (exact) mass is 532 g/mol. The molecular weight excluding hydrogens is 500 g/mol. The topological polar surface area (TPSA) is 145 Å². The van der Waals surface area contributed by atoms with Crippen LogP contribution in [-0.2, 0) is 20.7 Å². The van der Waals surface area contributed by atoms with Crippen LogP contribution in [0, 0.1) is 5.92 Å². The van der Waals surface area contributed by atoms with Gasteiger partial charge in [-0.3, -0.25) is 14.4 Å². The lowest BCUT2D eigenvalue weighted by atomic mass is 9.94. The first-order chi connectivity index (χ1) is 18.7. The Balaban J connectivity index is 1.83. The molecule has 204 valence electrons. The fraction of sp³-hybridized carbons (Fsp3) is 0.267. The number of carboxylic acid groups (broad SMARTS) is 1. The second-order valence-corrected chi connectivity index (χ2v) is 9.13. The number of esters is 1. The van der Waals surface area contributed by atoms with Gasteiger partial charge < -0.3 is 25.6 Å². The van der Waals surface area contributed by atoms with E-state index in [0.717, 1.165) is 16.7 Å². The Bertz CT molecular complexity index is 1310. The smallest absolute Gasteiger partial charge is 0.335 e.